The number of hydrogen-bond donors (Lipinski definition) is 2. The highest BCUT2D eigenvalue weighted by atomic mass is 16.2. The van der Waals surface area contributed by atoms with E-state index in [1.54, 1.807) is 6.07 Å². The summed E-state index contributed by atoms with van der Waals surface area (Å²) in [5.41, 5.74) is 2.52. The molecular weight excluding hydrogens is 340 g/mol. The van der Waals surface area contributed by atoms with E-state index in [-0.39, 0.29) is 23.6 Å². The van der Waals surface area contributed by atoms with E-state index in [1.165, 1.54) is 37.2 Å². The third-order valence-corrected chi connectivity index (χ3v) is 4.52. The third-order valence-electron chi connectivity index (χ3n) is 4.52. The zero-order valence-electron chi connectivity index (χ0n) is 15.9. The molecule has 0 saturated carbocycles. The first-order valence-electron chi connectivity index (χ1n) is 9.46. The van der Waals surface area contributed by atoms with Gasteiger partial charge >= 0.3 is 0 Å². The average Bonchev–Trinajstić information content (AvgIpc) is 2.69. The summed E-state index contributed by atoms with van der Waals surface area (Å²) in [5, 5.41) is 5.65. The fourth-order valence-electron chi connectivity index (χ4n) is 3.14. The highest BCUT2D eigenvalue weighted by Crippen LogP contribution is 2.22. The van der Waals surface area contributed by atoms with Crippen molar-refractivity contribution in [3.8, 4) is 0 Å². The van der Waals surface area contributed by atoms with E-state index in [1.807, 2.05) is 38.1 Å². The molecule has 0 radical (unpaired) electrons. The van der Waals surface area contributed by atoms with E-state index in [0.717, 1.165) is 13.1 Å². The van der Waals surface area contributed by atoms with Crippen molar-refractivity contribution in [1.29, 1.82) is 0 Å². The van der Waals surface area contributed by atoms with Crippen LogP contribution in [0.2, 0.25) is 0 Å². The van der Waals surface area contributed by atoms with Gasteiger partial charge in [0.1, 0.15) is 5.69 Å². The number of benzene rings is 1. The predicted octanol–water partition coefficient (Wildman–Crippen LogP) is 3.46. The van der Waals surface area contributed by atoms with Gasteiger partial charge in [-0.3, -0.25) is 14.6 Å². The van der Waals surface area contributed by atoms with Gasteiger partial charge in [-0.25, -0.2) is 0 Å². The Morgan fingerprint density at radius 2 is 1.70 bits per heavy atom. The van der Waals surface area contributed by atoms with E-state index in [2.05, 4.69) is 20.5 Å². The summed E-state index contributed by atoms with van der Waals surface area (Å²) in [7, 11) is 0. The summed E-state index contributed by atoms with van der Waals surface area (Å²) in [5.74, 6) is -0.549. The lowest BCUT2D eigenvalue weighted by atomic mass is 10.1. The highest BCUT2D eigenvalue weighted by Gasteiger charge is 2.14. The van der Waals surface area contributed by atoms with Crippen molar-refractivity contribution >= 4 is 23.2 Å². The molecule has 1 aromatic heterocycles. The Balaban J connectivity index is 1.65. The van der Waals surface area contributed by atoms with E-state index < -0.39 is 0 Å². The number of hydrogen-bond acceptors (Lipinski definition) is 4. The minimum Gasteiger partial charge on any atom is -0.372 e. The molecule has 27 heavy (non-hydrogen) atoms. The Hall–Kier alpha value is -2.89. The van der Waals surface area contributed by atoms with Crippen molar-refractivity contribution in [2.45, 2.75) is 39.2 Å². The standard InChI is InChI=1S/C21H26N4O2/c1-15(2)23-20(26)16-10-11-22-19(14-16)21(27)24-17-6-8-18(9-7-17)25-12-4-3-5-13-25/h6-11,14-15H,3-5,12-13H2,1-2H3,(H,23,26)(H,24,27). The minimum atomic E-state index is -0.333. The van der Waals surface area contributed by atoms with Gasteiger partial charge in [0.25, 0.3) is 11.8 Å². The van der Waals surface area contributed by atoms with Crippen LogP contribution in [-0.2, 0) is 0 Å². The molecule has 0 aliphatic carbocycles. The highest BCUT2D eigenvalue weighted by molar-refractivity contribution is 6.04. The first-order chi connectivity index (χ1) is 13.0. The van der Waals surface area contributed by atoms with Crippen LogP contribution in [0.25, 0.3) is 0 Å². The largest absolute Gasteiger partial charge is 0.372 e. The van der Waals surface area contributed by atoms with Crippen LogP contribution in [-0.4, -0.2) is 35.9 Å². The first kappa shape index (κ1) is 18.9. The van der Waals surface area contributed by atoms with Gasteiger partial charge in [-0.05, 0) is 69.5 Å². The molecule has 2 aromatic rings. The molecule has 0 spiro atoms. The van der Waals surface area contributed by atoms with Crippen LogP contribution in [0.3, 0.4) is 0 Å². The molecule has 142 valence electrons. The van der Waals surface area contributed by atoms with Crippen molar-refractivity contribution in [3.63, 3.8) is 0 Å². The minimum absolute atomic E-state index is 0.0290. The molecule has 1 aromatic carbocycles. The Morgan fingerprint density at radius 3 is 2.37 bits per heavy atom. The summed E-state index contributed by atoms with van der Waals surface area (Å²) in [6.45, 7) is 5.95. The molecule has 1 saturated heterocycles. The van der Waals surface area contributed by atoms with Crippen LogP contribution in [0, 0.1) is 0 Å². The molecule has 3 rings (SSSR count). The second-order valence-electron chi connectivity index (χ2n) is 7.11. The fraction of sp³-hybridized carbons (Fsp3) is 0.381. The van der Waals surface area contributed by atoms with Crippen LogP contribution in [0.15, 0.2) is 42.6 Å². The van der Waals surface area contributed by atoms with Gasteiger partial charge < -0.3 is 15.5 Å². The second kappa shape index (κ2) is 8.66. The number of nitrogens with zero attached hydrogens (tertiary/aromatic N) is 2. The maximum absolute atomic E-state index is 12.5. The molecule has 6 heteroatoms. The number of rotatable bonds is 5. The maximum Gasteiger partial charge on any atom is 0.274 e. The Kier molecular flexibility index (Phi) is 6.06. The molecule has 1 aliphatic heterocycles. The summed E-state index contributed by atoms with van der Waals surface area (Å²) in [4.78, 5) is 31.0. The lowest BCUT2D eigenvalue weighted by molar-refractivity contribution is 0.0943. The topological polar surface area (TPSA) is 74.3 Å². The lowest BCUT2D eigenvalue weighted by Crippen LogP contribution is -2.30. The quantitative estimate of drug-likeness (QED) is 0.850. The zero-order chi connectivity index (χ0) is 19.2. The molecule has 1 fully saturated rings. The van der Waals surface area contributed by atoms with Gasteiger partial charge in [0.2, 0.25) is 0 Å². The summed E-state index contributed by atoms with van der Waals surface area (Å²) >= 11 is 0. The summed E-state index contributed by atoms with van der Waals surface area (Å²) < 4.78 is 0. The lowest BCUT2D eigenvalue weighted by Gasteiger charge is -2.28. The molecule has 0 bridgehead atoms. The van der Waals surface area contributed by atoms with Gasteiger partial charge in [0.15, 0.2) is 0 Å². The van der Waals surface area contributed by atoms with Crippen molar-refractivity contribution < 1.29 is 9.59 Å². The number of anilines is 2. The number of aromatic nitrogens is 1. The molecule has 0 unspecified atom stereocenters. The smallest absolute Gasteiger partial charge is 0.274 e. The van der Waals surface area contributed by atoms with Gasteiger partial charge in [-0.1, -0.05) is 0 Å². The summed E-state index contributed by atoms with van der Waals surface area (Å²) in [6.07, 6.45) is 5.23. The van der Waals surface area contributed by atoms with Gasteiger partial charge in [0.05, 0.1) is 0 Å². The van der Waals surface area contributed by atoms with Crippen molar-refractivity contribution in [2.75, 3.05) is 23.3 Å². The average molecular weight is 366 g/mol. The van der Waals surface area contributed by atoms with Gasteiger partial charge in [-0.15, -0.1) is 0 Å². The molecule has 1 aliphatic rings. The molecule has 0 atom stereocenters. The fourth-order valence-corrected chi connectivity index (χ4v) is 3.14. The van der Waals surface area contributed by atoms with Crippen LogP contribution in [0.5, 0.6) is 0 Å². The number of amides is 2. The number of pyridine rings is 1. The number of piperidine rings is 1. The number of carbonyl (C=O) groups is 2. The Bertz CT molecular complexity index is 796. The third kappa shape index (κ3) is 5.06. The Labute approximate surface area is 160 Å². The zero-order valence-corrected chi connectivity index (χ0v) is 15.9. The summed E-state index contributed by atoms with van der Waals surface area (Å²) in [6, 6.07) is 11.0. The van der Waals surface area contributed by atoms with Crippen molar-refractivity contribution in [3.05, 3.63) is 53.9 Å². The van der Waals surface area contributed by atoms with Gasteiger partial charge in [0, 0.05) is 42.3 Å². The van der Waals surface area contributed by atoms with Crippen LogP contribution < -0.4 is 15.5 Å². The van der Waals surface area contributed by atoms with Crippen LogP contribution >= 0.6 is 0 Å². The first-order valence-corrected chi connectivity index (χ1v) is 9.46. The monoisotopic (exact) mass is 366 g/mol. The van der Waals surface area contributed by atoms with Crippen molar-refractivity contribution in [2.24, 2.45) is 0 Å². The molecule has 2 N–H and O–H groups in total. The number of carbonyl (C=O) groups excluding carboxylic acids is 2. The number of nitrogens with one attached hydrogen (secondary N) is 2. The van der Waals surface area contributed by atoms with E-state index in [4.69, 9.17) is 0 Å². The molecular formula is C21H26N4O2. The maximum atomic E-state index is 12.5. The molecule has 6 nitrogen and oxygen atoms in total. The van der Waals surface area contributed by atoms with E-state index >= 15 is 0 Å². The van der Waals surface area contributed by atoms with Crippen LogP contribution in [0.1, 0.15) is 54.0 Å². The van der Waals surface area contributed by atoms with Crippen molar-refractivity contribution in [1.82, 2.24) is 10.3 Å². The van der Waals surface area contributed by atoms with E-state index in [0.29, 0.717) is 11.3 Å². The van der Waals surface area contributed by atoms with Gasteiger partial charge in [-0.2, -0.15) is 0 Å². The SMILES string of the molecule is CC(C)NC(=O)c1ccnc(C(=O)Nc2ccc(N3CCCCC3)cc2)c1. The second-order valence-corrected chi connectivity index (χ2v) is 7.11. The normalized spacial score (nSPS) is 14.1. The van der Waals surface area contributed by atoms with Crippen LogP contribution in [0.4, 0.5) is 11.4 Å². The Morgan fingerprint density at radius 1 is 1.00 bits per heavy atom. The molecule has 2 amide bonds. The molecule has 2 heterocycles. The van der Waals surface area contributed by atoms with E-state index in [9.17, 15) is 9.59 Å². The predicted molar refractivity (Wildman–Crippen MR) is 107 cm³/mol.